The molecule has 28 heavy (non-hydrogen) atoms. The number of hydrogen-bond donors (Lipinski definition) is 2. The van der Waals surface area contributed by atoms with Gasteiger partial charge in [0.25, 0.3) is 0 Å². The number of carbonyl (C=O) groups is 1. The highest BCUT2D eigenvalue weighted by molar-refractivity contribution is 7.89. The zero-order valence-corrected chi connectivity index (χ0v) is 16.5. The predicted octanol–water partition coefficient (Wildman–Crippen LogP) is 2.64. The third-order valence-corrected chi connectivity index (χ3v) is 5.97. The first-order valence-corrected chi connectivity index (χ1v) is 10.6. The van der Waals surface area contributed by atoms with Crippen LogP contribution in [0, 0.1) is 0 Å². The number of sulfonamides is 1. The second kappa shape index (κ2) is 9.14. The van der Waals surface area contributed by atoms with E-state index in [9.17, 15) is 13.2 Å². The van der Waals surface area contributed by atoms with Crippen molar-refractivity contribution in [3.63, 3.8) is 0 Å². The summed E-state index contributed by atoms with van der Waals surface area (Å²) in [4.78, 5) is 12.3. The van der Waals surface area contributed by atoms with Crippen LogP contribution in [0.25, 0.3) is 6.08 Å². The summed E-state index contributed by atoms with van der Waals surface area (Å²) < 4.78 is 32.4. The van der Waals surface area contributed by atoms with Crippen LogP contribution in [0.5, 0.6) is 0 Å². The molecule has 2 aromatic carbocycles. The molecule has 0 saturated heterocycles. The summed E-state index contributed by atoms with van der Waals surface area (Å²) in [5.74, 6) is -0.245. The molecule has 148 valence electrons. The third kappa shape index (κ3) is 5.76. The molecular formula is C21H24N2O4S. The molecule has 1 aliphatic rings. The number of methoxy groups -OCH3 is 1. The lowest BCUT2D eigenvalue weighted by molar-refractivity contribution is -0.117. The molecule has 1 amide bonds. The number of ether oxygens (including phenoxy) is 1. The molecule has 0 spiro atoms. The highest BCUT2D eigenvalue weighted by Crippen LogP contribution is 2.22. The minimum Gasteiger partial charge on any atom is -0.375 e. The van der Waals surface area contributed by atoms with Crippen molar-refractivity contribution in [2.75, 3.05) is 13.7 Å². The average molecular weight is 401 g/mol. The number of hydrogen-bond acceptors (Lipinski definition) is 4. The minimum absolute atomic E-state index is 0.0695. The van der Waals surface area contributed by atoms with E-state index in [1.54, 1.807) is 37.5 Å². The summed E-state index contributed by atoms with van der Waals surface area (Å²) in [6, 6.07) is 16.2. The van der Waals surface area contributed by atoms with Crippen LogP contribution < -0.4 is 10.0 Å². The summed E-state index contributed by atoms with van der Waals surface area (Å²) in [5, 5.41) is 2.81. The van der Waals surface area contributed by atoms with Crippen LogP contribution >= 0.6 is 0 Å². The van der Waals surface area contributed by atoms with Gasteiger partial charge in [-0.25, -0.2) is 13.1 Å². The van der Waals surface area contributed by atoms with Crippen molar-refractivity contribution in [2.24, 2.45) is 0 Å². The van der Waals surface area contributed by atoms with Gasteiger partial charge in [0.2, 0.25) is 15.9 Å². The lowest BCUT2D eigenvalue weighted by atomic mass is 10.1. The SMILES string of the molecule is COC(CNC(=O)/C=C/c1ccc(S(=O)(=O)NC2CC2)cc1)c1ccccc1. The number of carbonyl (C=O) groups excluding carboxylic acids is 1. The van der Waals surface area contributed by atoms with Gasteiger partial charge in [0.1, 0.15) is 0 Å². The summed E-state index contributed by atoms with van der Waals surface area (Å²) in [5.41, 5.74) is 1.73. The Hall–Kier alpha value is -2.48. The van der Waals surface area contributed by atoms with E-state index < -0.39 is 10.0 Å². The highest BCUT2D eigenvalue weighted by Gasteiger charge is 2.27. The van der Waals surface area contributed by atoms with Crippen molar-refractivity contribution in [2.45, 2.75) is 29.9 Å². The molecule has 3 rings (SSSR count). The molecule has 6 nitrogen and oxygen atoms in total. The molecule has 1 fully saturated rings. The molecule has 1 saturated carbocycles. The van der Waals surface area contributed by atoms with E-state index in [0.29, 0.717) is 6.54 Å². The van der Waals surface area contributed by atoms with Gasteiger partial charge in [-0.3, -0.25) is 4.79 Å². The normalized spacial score (nSPS) is 15.5. The van der Waals surface area contributed by atoms with Crippen LogP contribution in [0.2, 0.25) is 0 Å². The van der Waals surface area contributed by atoms with Gasteiger partial charge in [-0.05, 0) is 42.2 Å². The van der Waals surface area contributed by atoms with Crippen molar-refractivity contribution in [3.05, 3.63) is 71.8 Å². The van der Waals surface area contributed by atoms with Crippen molar-refractivity contribution in [3.8, 4) is 0 Å². The third-order valence-electron chi connectivity index (χ3n) is 4.43. The van der Waals surface area contributed by atoms with Crippen molar-refractivity contribution < 1.29 is 17.9 Å². The van der Waals surface area contributed by atoms with Gasteiger partial charge < -0.3 is 10.1 Å². The van der Waals surface area contributed by atoms with E-state index in [1.807, 2.05) is 30.3 Å². The summed E-state index contributed by atoms with van der Waals surface area (Å²) in [6.45, 7) is 0.355. The number of nitrogens with one attached hydrogen (secondary N) is 2. The van der Waals surface area contributed by atoms with Crippen LogP contribution in [0.15, 0.2) is 65.6 Å². The second-order valence-electron chi connectivity index (χ2n) is 6.68. The summed E-state index contributed by atoms with van der Waals surface area (Å²) >= 11 is 0. The zero-order chi connectivity index (χ0) is 20.0. The number of benzene rings is 2. The van der Waals surface area contributed by atoms with Crippen LogP contribution in [0.4, 0.5) is 0 Å². The molecular weight excluding hydrogens is 376 g/mol. The van der Waals surface area contributed by atoms with Gasteiger partial charge in [-0.2, -0.15) is 0 Å². The van der Waals surface area contributed by atoms with E-state index in [-0.39, 0.29) is 22.9 Å². The van der Waals surface area contributed by atoms with Crippen LogP contribution in [0.1, 0.15) is 30.1 Å². The standard InChI is InChI=1S/C21H24N2O4S/c1-27-20(17-5-3-2-4-6-17)15-22-21(24)14-9-16-7-12-19(13-8-16)28(25,26)23-18-10-11-18/h2-9,12-14,18,20,23H,10-11,15H2,1H3,(H,22,24)/b14-9+. The summed E-state index contributed by atoms with van der Waals surface area (Å²) in [7, 11) is -1.86. The fourth-order valence-corrected chi connectivity index (χ4v) is 3.98. The van der Waals surface area contributed by atoms with Crippen molar-refractivity contribution in [1.82, 2.24) is 10.0 Å². The first-order valence-electron chi connectivity index (χ1n) is 9.14. The topological polar surface area (TPSA) is 84.5 Å². The maximum Gasteiger partial charge on any atom is 0.244 e. The molecule has 1 atom stereocenters. The minimum atomic E-state index is -3.46. The lowest BCUT2D eigenvalue weighted by Crippen LogP contribution is -2.27. The van der Waals surface area contributed by atoms with Gasteiger partial charge in [-0.15, -0.1) is 0 Å². The number of rotatable bonds is 9. The Kier molecular flexibility index (Phi) is 6.61. The van der Waals surface area contributed by atoms with E-state index in [2.05, 4.69) is 10.0 Å². The Morgan fingerprint density at radius 2 is 1.82 bits per heavy atom. The van der Waals surface area contributed by atoms with E-state index in [1.165, 1.54) is 6.08 Å². The first kappa shape index (κ1) is 20.3. The average Bonchev–Trinajstić information content (AvgIpc) is 3.51. The van der Waals surface area contributed by atoms with Crippen LogP contribution in [0.3, 0.4) is 0 Å². The highest BCUT2D eigenvalue weighted by atomic mass is 32.2. The number of amides is 1. The molecule has 0 aromatic heterocycles. The Bertz CT molecular complexity index is 921. The molecule has 0 radical (unpaired) electrons. The smallest absolute Gasteiger partial charge is 0.244 e. The molecule has 7 heteroatoms. The maximum atomic E-state index is 12.1. The first-order chi connectivity index (χ1) is 13.5. The molecule has 0 heterocycles. The Labute approximate surface area is 165 Å². The fourth-order valence-electron chi connectivity index (χ4n) is 2.68. The Morgan fingerprint density at radius 1 is 1.14 bits per heavy atom. The fraction of sp³-hybridized carbons (Fsp3) is 0.286. The molecule has 1 aliphatic carbocycles. The molecule has 2 N–H and O–H groups in total. The quantitative estimate of drug-likeness (QED) is 0.634. The zero-order valence-electron chi connectivity index (χ0n) is 15.7. The van der Waals surface area contributed by atoms with E-state index in [4.69, 9.17) is 4.74 Å². The van der Waals surface area contributed by atoms with Crippen LogP contribution in [-0.4, -0.2) is 34.0 Å². The van der Waals surface area contributed by atoms with Crippen molar-refractivity contribution in [1.29, 1.82) is 0 Å². The Morgan fingerprint density at radius 3 is 2.43 bits per heavy atom. The molecule has 1 unspecified atom stereocenters. The van der Waals surface area contributed by atoms with Gasteiger partial charge in [0.15, 0.2) is 0 Å². The van der Waals surface area contributed by atoms with Gasteiger partial charge in [0.05, 0.1) is 11.0 Å². The van der Waals surface area contributed by atoms with Gasteiger partial charge >= 0.3 is 0 Å². The van der Waals surface area contributed by atoms with Gasteiger partial charge in [0, 0.05) is 25.8 Å². The molecule has 2 aromatic rings. The molecule has 0 aliphatic heterocycles. The predicted molar refractivity (Wildman–Crippen MR) is 108 cm³/mol. The Balaban J connectivity index is 1.53. The van der Waals surface area contributed by atoms with Crippen LogP contribution in [-0.2, 0) is 19.6 Å². The molecule has 0 bridgehead atoms. The summed E-state index contributed by atoms with van der Waals surface area (Å²) in [6.07, 6.45) is 4.63. The largest absolute Gasteiger partial charge is 0.375 e. The maximum absolute atomic E-state index is 12.1. The van der Waals surface area contributed by atoms with E-state index >= 15 is 0 Å². The monoisotopic (exact) mass is 400 g/mol. The van der Waals surface area contributed by atoms with E-state index in [0.717, 1.165) is 24.0 Å². The second-order valence-corrected chi connectivity index (χ2v) is 8.39. The lowest BCUT2D eigenvalue weighted by Gasteiger charge is -2.15. The van der Waals surface area contributed by atoms with Crippen molar-refractivity contribution >= 4 is 22.0 Å². The van der Waals surface area contributed by atoms with Gasteiger partial charge in [-0.1, -0.05) is 42.5 Å².